The summed E-state index contributed by atoms with van der Waals surface area (Å²) in [6.45, 7) is 5.06. The summed E-state index contributed by atoms with van der Waals surface area (Å²) in [4.78, 5) is 12.5. The molecule has 25 heavy (non-hydrogen) atoms. The first-order chi connectivity index (χ1) is 11.5. The molecule has 1 heterocycles. The van der Waals surface area contributed by atoms with Crippen LogP contribution in [0.4, 0.5) is 5.69 Å². The van der Waals surface area contributed by atoms with E-state index >= 15 is 0 Å². The predicted octanol–water partition coefficient (Wildman–Crippen LogP) is 5.06. The van der Waals surface area contributed by atoms with Crippen LogP contribution in [-0.2, 0) is 4.79 Å². The predicted molar refractivity (Wildman–Crippen MR) is 108 cm³/mol. The fourth-order valence-electron chi connectivity index (χ4n) is 3.26. The fraction of sp³-hybridized carbons (Fsp3) is 0.350. The van der Waals surface area contributed by atoms with Crippen LogP contribution >= 0.6 is 24.0 Å². The Morgan fingerprint density at radius 1 is 1.20 bits per heavy atom. The number of anilines is 1. The van der Waals surface area contributed by atoms with E-state index in [0.717, 1.165) is 46.8 Å². The van der Waals surface area contributed by atoms with Gasteiger partial charge in [-0.1, -0.05) is 29.8 Å². The van der Waals surface area contributed by atoms with Crippen LogP contribution in [-0.4, -0.2) is 18.5 Å². The Hall–Kier alpha value is -1.55. The van der Waals surface area contributed by atoms with Crippen molar-refractivity contribution in [2.24, 2.45) is 5.92 Å². The molecule has 2 atom stereocenters. The van der Waals surface area contributed by atoms with Crippen molar-refractivity contribution in [1.29, 1.82) is 0 Å². The molecule has 1 aliphatic heterocycles. The molecule has 134 valence electrons. The lowest BCUT2D eigenvalue weighted by atomic mass is 9.92. The van der Waals surface area contributed by atoms with Gasteiger partial charge in [-0.05, 0) is 74.2 Å². The number of amides is 1. The molecule has 2 aromatic rings. The first-order valence-corrected chi connectivity index (χ1v) is 8.81. The molecule has 3 nitrogen and oxygen atoms in total. The summed E-state index contributed by atoms with van der Waals surface area (Å²) in [5, 5.41) is 7.20. The monoisotopic (exact) mass is 378 g/mol. The van der Waals surface area contributed by atoms with Crippen molar-refractivity contribution in [3.63, 3.8) is 0 Å². The number of hydrogen-bond donors (Lipinski definition) is 2. The summed E-state index contributed by atoms with van der Waals surface area (Å²) in [6, 6.07) is 14.3. The number of nitrogens with one attached hydrogen (secondary N) is 2. The standard InChI is InChI=1S/C20H23ClN2O.ClH/c1-13-10-16(15-4-3-5-18(21)12-15)6-7-19(13)23-20(24)17-8-9-22-14(2)11-17;/h3-7,10,12,14,17,22H,8-9,11H2,1-2H3,(H,23,24);1H/t14-,17-;/m0./s1. The van der Waals surface area contributed by atoms with Crippen LogP contribution in [0.1, 0.15) is 25.3 Å². The van der Waals surface area contributed by atoms with Crippen molar-refractivity contribution in [1.82, 2.24) is 5.32 Å². The molecule has 0 bridgehead atoms. The average Bonchev–Trinajstić information content (AvgIpc) is 2.56. The van der Waals surface area contributed by atoms with Crippen LogP contribution in [0.3, 0.4) is 0 Å². The average molecular weight is 379 g/mol. The Labute approximate surface area is 160 Å². The molecule has 1 fully saturated rings. The number of piperidine rings is 1. The van der Waals surface area contributed by atoms with Crippen LogP contribution < -0.4 is 10.6 Å². The zero-order valence-electron chi connectivity index (χ0n) is 14.5. The second-order valence-electron chi connectivity index (χ2n) is 6.61. The van der Waals surface area contributed by atoms with Crippen LogP contribution in [0.15, 0.2) is 42.5 Å². The summed E-state index contributed by atoms with van der Waals surface area (Å²) < 4.78 is 0. The minimum absolute atomic E-state index is 0. The number of hydrogen-bond acceptors (Lipinski definition) is 2. The molecule has 5 heteroatoms. The molecule has 1 amide bonds. The highest BCUT2D eigenvalue weighted by atomic mass is 35.5. The van der Waals surface area contributed by atoms with E-state index in [1.165, 1.54) is 0 Å². The molecule has 0 spiro atoms. The van der Waals surface area contributed by atoms with Crippen LogP contribution in [0.5, 0.6) is 0 Å². The summed E-state index contributed by atoms with van der Waals surface area (Å²) in [5.41, 5.74) is 4.12. The molecular formula is C20H24Cl2N2O. The lowest BCUT2D eigenvalue weighted by Crippen LogP contribution is -2.40. The van der Waals surface area contributed by atoms with E-state index in [9.17, 15) is 4.79 Å². The third-order valence-electron chi connectivity index (χ3n) is 4.64. The van der Waals surface area contributed by atoms with Crippen LogP contribution in [0.25, 0.3) is 11.1 Å². The second kappa shape index (κ2) is 8.70. The van der Waals surface area contributed by atoms with Crippen molar-refractivity contribution >= 4 is 35.6 Å². The lowest BCUT2D eigenvalue weighted by molar-refractivity contribution is -0.120. The van der Waals surface area contributed by atoms with Gasteiger partial charge in [-0.25, -0.2) is 0 Å². The second-order valence-corrected chi connectivity index (χ2v) is 7.04. The molecule has 0 radical (unpaired) electrons. The van der Waals surface area contributed by atoms with Crippen molar-refractivity contribution < 1.29 is 4.79 Å². The third kappa shape index (κ3) is 4.97. The molecule has 2 aromatic carbocycles. The summed E-state index contributed by atoms with van der Waals surface area (Å²) in [5.74, 6) is 0.218. The summed E-state index contributed by atoms with van der Waals surface area (Å²) in [6.07, 6.45) is 1.79. The van der Waals surface area contributed by atoms with Gasteiger partial charge in [-0.2, -0.15) is 0 Å². The van der Waals surface area contributed by atoms with E-state index in [0.29, 0.717) is 6.04 Å². The van der Waals surface area contributed by atoms with Crippen molar-refractivity contribution in [3.8, 4) is 11.1 Å². The quantitative estimate of drug-likeness (QED) is 0.782. The van der Waals surface area contributed by atoms with E-state index in [1.54, 1.807) is 0 Å². The number of benzene rings is 2. The Bertz CT molecular complexity index is 748. The van der Waals surface area contributed by atoms with Gasteiger partial charge in [0.05, 0.1) is 0 Å². The highest BCUT2D eigenvalue weighted by Gasteiger charge is 2.24. The molecule has 0 aliphatic carbocycles. The topological polar surface area (TPSA) is 41.1 Å². The van der Waals surface area contributed by atoms with E-state index in [-0.39, 0.29) is 24.2 Å². The minimum Gasteiger partial charge on any atom is -0.326 e. The van der Waals surface area contributed by atoms with Gasteiger partial charge in [-0.15, -0.1) is 12.4 Å². The van der Waals surface area contributed by atoms with E-state index in [2.05, 4.69) is 23.6 Å². The smallest absolute Gasteiger partial charge is 0.227 e. The fourth-order valence-corrected chi connectivity index (χ4v) is 3.45. The third-order valence-corrected chi connectivity index (χ3v) is 4.87. The van der Waals surface area contributed by atoms with Gasteiger partial charge in [0.15, 0.2) is 0 Å². The zero-order chi connectivity index (χ0) is 17.1. The number of halogens is 2. The maximum Gasteiger partial charge on any atom is 0.227 e. The maximum atomic E-state index is 12.5. The van der Waals surface area contributed by atoms with Gasteiger partial charge in [-0.3, -0.25) is 4.79 Å². The minimum atomic E-state index is 0. The van der Waals surface area contributed by atoms with E-state index in [1.807, 2.05) is 43.3 Å². The number of aryl methyl sites for hydroxylation is 1. The molecule has 3 rings (SSSR count). The molecule has 2 N–H and O–H groups in total. The van der Waals surface area contributed by atoms with Gasteiger partial charge in [0.1, 0.15) is 0 Å². The molecule has 0 unspecified atom stereocenters. The summed E-state index contributed by atoms with van der Waals surface area (Å²) >= 11 is 6.07. The SMILES string of the molecule is Cc1cc(-c2cccc(Cl)c2)ccc1NC(=O)[C@H]1CCN[C@@H](C)C1.Cl. The molecule has 0 aromatic heterocycles. The van der Waals surface area contributed by atoms with Gasteiger partial charge < -0.3 is 10.6 Å². The zero-order valence-corrected chi connectivity index (χ0v) is 16.1. The van der Waals surface area contributed by atoms with Gasteiger partial charge in [0, 0.05) is 22.7 Å². The number of carbonyl (C=O) groups excluding carboxylic acids is 1. The normalized spacial score (nSPS) is 19.8. The van der Waals surface area contributed by atoms with Crippen LogP contribution in [0, 0.1) is 12.8 Å². The maximum absolute atomic E-state index is 12.5. The number of carbonyl (C=O) groups is 1. The van der Waals surface area contributed by atoms with E-state index < -0.39 is 0 Å². The van der Waals surface area contributed by atoms with Crippen molar-refractivity contribution in [2.75, 3.05) is 11.9 Å². The first-order valence-electron chi connectivity index (χ1n) is 8.44. The molecule has 1 saturated heterocycles. The molecule has 1 aliphatic rings. The van der Waals surface area contributed by atoms with Crippen molar-refractivity contribution in [3.05, 3.63) is 53.1 Å². The summed E-state index contributed by atoms with van der Waals surface area (Å²) in [7, 11) is 0. The highest BCUT2D eigenvalue weighted by molar-refractivity contribution is 6.30. The Balaban J connectivity index is 0.00000225. The van der Waals surface area contributed by atoms with Gasteiger partial charge >= 0.3 is 0 Å². The highest BCUT2D eigenvalue weighted by Crippen LogP contribution is 2.27. The number of rotatable bonds is 3. The van der Waals surface area contributed by atoms with Crippen molar-refractivity contribution in [2.45, 2.75) is 32.7 Å². The molecular weight excluding hydrogens is 355 g/mol. The van der Waals surface area contributed by atoms with Gasteiger partial charge in [0.25, 0.3) is 0 Å². The Morgan fingerprint density at radius 2 is 1.96 bits per heavy atom. The van der Waals surface area contributed by atoms with E-state index in [4.69, 9.17) is 11.6 Å². The molecule has 0 saturated carbocycles. The first kappa shape index (κ1) is 19.8. The lowest BCUT2D eigenvalue weighted by Gasteiger charge is -2.27. The van der Waals surface area contributed by atoms with Crippen LogP contribution in [0.2, 0.25) is 5.02 Å². The Kier molecular flexibility index (Phi) is 6.88. The van der Waals surface area contributed by atoms with Gasteiger partial charge in [0.2, 0.25) is 5.91 Å². The largest absolute Gasteiger partial charge is 0.326 e. The Morgan fingerprint density at radius 3 is 2.64 bits per heavy atom.